The molecule has 2 aliphatic rings. The van der Waals surface area contributed by atoms with Gasteiger partial charge in [-0.3, -0.25) is 9.79 Å². The smallest absolute Gasteiger partial charge is 0.253 e. The molecule has 1 aliphatic carbocycles. The Morgan fingerprint density at radius 1 is 1.40 bits per heavy atom. The fraction of sp³-hybridized carbons (Fsp3) is 0.667. The normalized spacial score (nSPS) is 26.1. The monoisotopic (exact) mass is 367 g/mol. The molecule has 2 unspecified atom stereocenters. The fourth-order valence-electron chi connectivity index (χ4n) is 3.11. The minimum absolute atomic E-state index is 0.0242. The van der Waals surface area contributed by atoms with Crippen LogP contribution in [0.25, 0.3) is 0 Å². The summed E-state index contributed by atoms with van der Waals surface area (Å²) in [6.07, 6.45) is 7.88. The third kappa shape index (κ3) is 5.33. The van der Waals surface area contributed by atoms with Crippen LogP contribution >= 0.6 is 11.8 Å². The lowest BCUT2D eigenvalue weighted by atomic mass is 9.78. The first-order chi connectivity index (χ1) is 12.0. The van der Waals surface area contributed by atoms with Crippen LogP contribution in [0, 0.1) is 5.92 Å². The lowest BCUT2D eigenvalue weighted by Crippen LogP contribution is -2.39. The Morgan fingerprint density at radius 2 is 2.08 bits per heavy atom. The summed E-state index contributed by atoms with van der Waals surface area (Å²) in [5.74, 6) is 1.29. The Morgan fingerprint density at radius 3 is 2.60 bits per heavy atom. The molecule has 25 heavy (non-hydrogen) atoms. The number of ether oxygens (including phenoxy) is 2. The molecule has 0 aromatic heterocycles. The number of hydrogen-bond acceptors (Lipinski definition) is 6. The van der Waals surface area contributed by atoms with Crippen LogP contribution in [0.5, 0.6) is 0 Å². The van der Waals surface area contributed by atoms with E-state index in [-0.39, 0.29) is 17.4 Å². The quantitative estimate of drug-likeness (QED) is 0.708. The molecule has 2 atom stereocenters. The van der Waals surface area contributed by atoms with Crippen molar-refractivity contribution in [3.05, 3.63) is 23.8 Å². The van der Waals surface area contributed by atoms with Crippen LogP contribution in [0.2, 0.25) is 0 Å². The van der Waals surface area contributed by atoms with E-state index in [4.69, 9.17) is 15.2 Å². The van der Waals surface area contributed by atoms with E-state index in [9.17, 15) is 4.79 Å². The number of amides is 1. The average Bonchev–Trinajstić information content (AvgIpc) is 2.61. The van der Waals surface area contributed by atoms with E-state index < -0.39 is 0 Å². The largest absolute Gasteiger partial charge is 0.383 e. The molecular weight excluding hydrogens is 338 g/mol. The topological polar surface area (TPSA) is 77.2 Å². The zero-order valence-corrected chi connectivity index (χ0v) is 16.2. The zero-order chi connectivity index (χ0) is 18.3. The molecule has 0 aromatic carbocycles. The van der Waals surface area contributed by atoms with Crippen LogP contribution in [0.4, 0.5) is 0 Å². The second kappa shape index (κ2) is 9.40. The summed E-state index contributed by atoms with van der Waals surface area (Å²) in [6, 6.07) is 0. The number of aliphatic imine (C=N–C) groups is 1. The van der Waals surface area contributed by atoms with Crippen LogP contribution in [0.1, 0.15) is 19.8 Å². The number of methoxy groups -OCH3 is 2. The predicted molar refractivity (Wildman–Crippen MR) is 103 cm³/mol. The van der Waals surface area contributed by atoms with Crippen molar-refractivity contribution in [3.63, 3.8) is 0 Å². The highest BCUT2D eigenvalue weighted by atomic mass is 32.2. The number of hydrogen-bond donors (Lipinski definition) is 1. The Bertz CT molecular complexity index is 554. The van der Waals surface area contributed by atoms with E-state index in [2.05, 4.69) is 18.0 Å². The van der Waals surface area contributed by atoms with Gasteiger partial charge in [0.2, 0.25) is 0 Å². The molecule has 1 aliphatic heterocycles. The molecule has 2 rings (SSSR count). The first kappa shape index (κ1) is 20.0. The number of rotatable bonds is 8. The molecule has 0 saturated carbocycles. The summed E-state index contributed by atoms with van der Waals surface area (Å²) in [5.41, 5.74) is 6.47. The van der Waals surface area contributed by atoms with Gasteiger partial charge in [0.15, 0.2) is 5.17 Å². The van der Waals surface area contributed by atoms with Crippen LogP contribution < -0.4 is 5.73 Å². The molecular formula is C18H29N3O3S. The summed E-state index contributed by atoms with van der Waals surface area (Å²) in [7, 11) is 3.28. The molecule has 0 aromatic rings. The van der Waals surface area contributed by atoms with Gasteiger partial charge in [0.25, 0.3) is 5.91 Å². The average molecular weight is 368 g/mol. The number of carbonyl (C=O) groups is 1. The molecule has 0 radical (unpaired) electrons. The van der Waals surface area contributed by atoms with Gasteiger partial charge in [0, 0.05) is 44.6 Å². The molecule has 0 bridgehead atoms. The zero-order valence-electron chi connectivity index (χ0n) is 15.4. The van der Waals surface area contributed by atoms with Gasteiger partial charge < -0.3 is 20.1 Å². The van der Waals surface area contributed by atoms with Crippen molar-refractivity contribution in [1.29, 1.82) is 0 Å². The Labute approximate surface area is 154 Å². The maximum absolute atomic E-state index is 12.8. The number of amidine groups is 1. The summed E-state index contributed by atoms with van der Waals surface area (Å²) < 4.78 is 10.2. The maximum atomic E-state index is 12.8. The van der Waals surface area contributed by atoms with Gasteiger partial charge in [-0.2, -0.15) is 0 Å². The van der Waals surface area contributed by atoms with Crippen LogP contribution in [-0.2, 0) is 14.3 Å². The summed E-state index contributed by atoms with van der Waals surface area (Å²) in [6.45, 7) is 4.29. The van der Waals surface area contributed by atoms with Crippen molar-refractivity contribution in [2.45, 2.75) is 25.3 Å². The fourth-order valence-corrected chi connectivity index (χ4v) is 4.11. The molecule has 1 heterocycles. The van der Waals surface area contributed by atoms with Crippen LogP contribution in [-0.4, -0.2) is 67.8 Å². The lowest BCUT2D eigenvalue weighted by Gasteiger charge is -2.36. The highest BCUT2D eigenvalue weighted by Gasteiger charge is 2.35. The van der Waals surface area contributed by atoms with E-state index in [0.717, 1.165) is 24.2 Å². The highest BCUT2D eigenvalue weighted by molar-refractivity contribution is 8.13. The van der Waals surface area contributed by atoms with Crippen molar-refractivity contribution in [3.8, 4) is 0 Å². The van der Waals surface area contributed by atoms with E-state index >= 15 is 0 Å². The van der Waals surface area contributed by atoms with Crippen molar-refractivity contribution in [2.24, 2.45) is 16.6 Å². The Balaban J connectivity index is 2.02. The number of nitrogens with two attached hydrogens (primary N) is 1. The summed E-state index contributed by atoms with van der Waals surface area (Å²) in [4.78, 5) is 19.2. The SMILES string of the molecule is COCCN(CCOC)C(=O)C1=CCC(C2(C)CCSC(N)=N2)C=C1. The Hall–Kier alpha value is -1.31. The summed E-state index contributed by atoms with van der Waals surface area (Å²) in [5, 5.41) is 0.665. The van der Waals surface area contributed by atoms with Crippen molar-refractivity contribution in [1.82, 2.24) is 4.90 Å². The molecule has 0 fully saturated rings. The second-order valence-electron chi connectivity index (χ2n) is 6.54. The minimum Gasteiger partial charge on any atom is -0.383 e. The number of thioether (sulfide) groups is 1. The molecule has 0 spiro atoms. The second-order valence-corrected chi connectivity index (χ2v) is 7.66. The van der Waals surface area contributed by atoms with Gasteiger partial charge in [-0.1, -0.05) is 30.0 Å². The van der Waals surface area contributed by atoms with Gasteiger partial charge in [-0.05, 0) is 19.8 Å². The van der Waals surface area contributed by atoms with Gasteiger partial charge in [0.1, 0.15) is 0 Å². The number of carbonyl (C=O) groups excluding carboxylic acids is 1. The van der Waals surface area contributed by atoms with Crippen molar-refractivity contribution < 1.29 is 14.3 Å². The number of nitrogens with zero attached hydrogens (tertiary/aromatic N) is 2. The Kier molecular flexibility index (Phi) is 7.53. The van der Waals surface area contributed by atoms with Crippen LogP contribution in [0.3, 0.4) is 0 Å². The van der Waals surface area contributed by atoms with E-state index in [1.54, 1.807) is 30.9 Å². The third-order valence-corrected chi connectivity index (χ3v) is 5.58. The van der Waals surface area contributed by atoms with Gasteiger partial charge >= 0.3 is 0 Å². The summed E-state index contributed by atoms with van der Waals surface area (Å²) >= 11 is 1.61. The molecule has 140 valence electrons. The first-order valence-electron chi connectivity index (χ1n) is 8.64. The van der Waals surface area contributed by atoms with E-state index in [1.165, 1.54) is 0 Å². The van der Waals surface area contributed by atoms with Crippen LogP contribution in [0.15, 0.2) is 28.8 Å². The number of allylic oxidation sites excluding steroid dienone is 1. The third-order valence-electron chi connectivity index (χ3n) is 4.79. The minimum atomic E-state index is -0.178. The van der Waals surface area contributed by atoms with Gasteiger partial charge in [0.05, 0.1) is 18.8 Å². The highest BCUT2D eigenvalue weighted by Crippen LogP contribution is 2.37. The standard InChI is InChI=1S/C18H29N3O3S/c1-18(8-13-25-17(19)20-18)15-6-4-14(5-7-15)16(22)21(9-11-23-2)10-12-24-3/h4-6,15H,7-13H2,1-3H3,(H2,19,20). The molecule has 6 nitrogen and oxygen atoms in total. The van der Waals surface area contributed by atoms with Crippen molar-refractivity contribution >= 4 is 22.8 Å². The maximum Gasteiger partial charge on any atom is 0.253 e. The molecule has 1 amide bonds. The van der Waals surface area contributed by atoms with E-state index in [1.807, 2.05) is 12.2 Å². The van der Waals surface area contributed by atoms with Gasteiger partial charge in [-0.15, -0.1) is 0 Å². The lowest BCUT2D eigenvalue weighted by molar-refractivity contribution is -0.128. The molecule has 7 heteroatoms. The van der Waals surface area contributed by atoms with E-state index in [0.29, 0.717) is 31.5 Å². The predicted octanol–water partition coefficient (Wildman–Crippen LogP) is 1.82. The first-order valence-corrected chi connectivity index (χ1v) is 9.62. The molecule has 0 saturated heterocycles. The van der Waals surface area contributed by atoms with Crippen molar-refractivity contribution in [2.75, 3.05) is 46.3 Å². The molecule has 2 N–H and O–H groups in total. The van der Waals surface area contributed by atoms with Gasteiger partial charge in [-0.25, -0.2) is 0 Å².